The molecule has 0 saturated carbocycles. The van der Waals surface area contributed by atoms with Crippen LogP contribution in [0.2, 0.25) is 0 Å². The molecule has 64 valence electrons. The van der Waals surface area contributed by atoms with Gasteiger partial charge in [-0.05, 0) is 0 Å². The van der Waals surface area contributed by atoms with Crippen molar-refractivity contribution in [3.63, 3.8) is 0 Å². The van der Waals surface area contributed by atoms with Crippen molar-refractivity contribution in [1.29, 1.82) is 0 Å². The Kier molecular flexibility index (Phi) is 5.10. The van der Waals surface area contributed by atoms with E-state index in [0.717, 1.165) is 0 Å². The van der Waals surface area contributed by atoms with Gasteiger partial charge in [-0.15, -0.1) is 0 Å². The molecule has 0 bridgehead atoms. The van der Waals surface area contributed by atoms with Gasteiger partial charge >= 0.3 is 11.9 Å². The molecule has 0 fully saturated rings. The largest absolute Gasteiger partial charge is 0.466 e. The van der Waals surface area contributed by atoms with Crippen molar-refractivity contribution in [2.75, 3.05) is 27.4 Å². The molecular weight excluding hydrogens is 152 g/mol. The molecule has 0 aliphatic heterocycles. The molecule has 11 heavy (non-hydrogen) atoms. The maximum atomic E-state index is 10.5. The second-order valence-electron chi connectivity index (χ2n) is 1.67. The van der Waals surface area contributed by atoms with Crippen LogP contribution in [-0.4, -0.2) is 39.4 Å². The molecule has 5 heteroatoms. The van der Waals surface area contributed by atoms with Gasteiger partial charge in [0.05, 0.1) is 7.11 Å². The van der Waals surface area contributed by atoms with Crippen molar-refractivity contribution in [3.8, 4) is 0 Å². The summed E-state index contributed by atoms with van der Waals surface area (Å²) in [5.74, 6) is -1.17. The van der Waals surface area contributed by atoms with Crippen molar-refractivity contribution < 1.29 is 23.8 Å². The van der Waals surface area contributed by atoms with Gasteiger partial charge in [-0.3, -0.25) is 0 Å². The van der Waals surface area contributed by atoms with Crippen LogP contribution in [0.25, 0.3) is 0 Å². The monoisotopic (exact) mass is 162 g/mol. The highest BCUT2D eigenvalue weighted by molar-refractivity contribution is 5.76. The Morgan fingerprint density at radius 2 is 1.73 bits per heavy atom. The molecule has 0 N–H and O–H groups in total. The average molecular weight is 162 g/mol. The number of hydrogen-bond donors (Lipinski definition) is 0. The topological polar surface area (TPSA) is 61.8 Å². The number of carbonyl (C=O) groups excluding carboxylic acids is 2. The minimum absolute atomic E-state index is 0.156. The molecule has 5 nitrogen and oxygen atoms in total. The van der Waals surface area contributed by atoms with Gasteiger partial charge in [0.15, 0.2) is 6.61 Å². The van der Waals surface area contributed by atoms with Gasteiger partial charge in [0.25, 0.3) is 0 Å². The third-order valence-electron chi connectivity index (χ3n) is 0.841. The SMILES string of the molecule is COCC(=O)OCC(=O)OC. The van der Waals surface area contributed by atoms with Crippen LogP contribution in [0.4, 0.5) is 0 Å². The van der Waals surface area contributed by atoms with Crippen LogP contribution in [0.1, 0.15) is 0 Å². The summed E-state index contributed by atoms with van der Waals surface area (Å²) in [6, 6.07) is 0. The Balaban J connectivity index is 3.38. The van der Waals surface area contributed by atoms with Crippen molar-refractivity contribution in [2.24, 2.45) is 0 Å². The number of methoxy groups -OCH3 is 2. The Morgan fingerprint density at radius 3 is 2.18 bits per heavy atom. The lowest BCUT2D eigenvalue weighted by molar-refractivity contribution is -0.159. The lowest BCUT2D eigenvalue weighted by atomic mass is 10.7. The fourth-order valence-corrected chi connectivity index (χ4v) is 0.358. The second kappa shape index (κ2) is 5.67. The van der Waals surface area contributed by atoms with Crippen molar-refractivity contribution in [2.45, 2.75) is 0 Å². The van der Waals surface area contributed by atoms with Crippen molar-refractivity contribution >= 4 is 11.9 Å². The summed E-state index contributed by atoms with van der Waals surface area (Å²) < 4.78 is 13.1. The molecule has 0 aliphatic carbocycles. The predicted molar refractivity (Wildman–Crippen MR) is 34.9 cm³/mol. The lowest BCUT2D eigenvalue weighted by Crippen LogP contribution is -2.17. The number of rotatable bonds is 4. The minimum atomic E-state index is -0.588. The fraction of sp³-hybridized carbons (Fsp3) is 0.667. The number of esters is 2. The maximum Gasteiger partial charge on any atom is 0.344 e. The first-order valence-corrected chi connectivity index (χ1v) is 2.92. The summed E-state index contributed by atoms with van der Waals surface area (Å²) >= 11 is 0. The zero-order valence-corrected chi connectivity index (χ0v) is 6.46. The van der Waals surface area contributed by atoms with Crippen LogP contribution in [0.3, 0.4) is 0 Å². The zero-order chi connectivity index (χ0) is 8.69. The molecule has 0 aromatic rings. The smallest absolute Gasteiger partial charge is 0.344 e. The van der Waals surface area contributed by atoms with E-state index in [2.05, 4.69) is 14.2 Å². The first-order chi connectivity index (χ1) is 5.20. The van der Waals surface area contributed by atoms with E-state index in [4.69, 9.17) is 0 Å². The van der Waals surface area contributed by atoms with Crippen LogP contribution in [0.5, 0.6) is 0 Å². The van der Waals surface area contributed by atoms with Gasteiger partial charge in [-0.1, -0.05) is 0 Å². The molecule has 0 aromatic heterocycles. The van der Waals surface area contributed by atoms with E-state index >= 15 is 0 Å². The van der Waals surface area contributed by atoms with Crippen LogP contribution >= 0.6 is 0 Å². The summed E-state index contributed by atoms with van der Waals surface area (Å²) in [5, 5.41) is 0. The summed E-state index contributed by atoms with van der Waals surface area (Å²) in [4.78, 5) is 20.9. The van der Waals surface area contributed by atoms with E-state index in [1.54, 1.807) is 0 Å². The minimum Gasteiger partial charge on any atom is -0.466 e. The van der Waals surface area contributed by atoms with Crippen molar-refractivity contribution in [3.05, 3.63) is 0 Å². The first-order valence-electron chi connectivity index (χ1n) is 2.92. The van der Waals surface area contributed by atoms with Crippen LogP contribution in [0.15, 0.2) is 0 Å². The predicted octanol–water partition coefficient (Wildman–Crippen LogP) is -0.651. The van der Waals surface area contributed by atoms with Gasteiger partial charge in [-0.2, -0.15) is 0 Å². The van der Waals surface area contributed by atoms with Gasteiger partial charge in [0.2, 0.25) is 0 Å². The third kappa shape index (κ3) is 5.35. The van der Waals surface area contributed by atoms with Gasteiger partial charge in [0, 0.05) is 7.11 Å². The molecule has 0 amide bonds. The Bertz CT molecular complexity index is 142. The molecule has 0 aliphatic rings. The Labute approximate surface area is 64.2 Å². The van der Waals surface area contributed by atoms with E-state index in [0.29, 0.717) is 0 Å². The average Bonchev–Trinajstić information content (AvgIpc) is 2.01. The summed E-state index contributed by atoms with van der Waals surface area (Å²) in [6.45, 7) is -0.518. The molecule has 0 radical (unpaired) electrons. The van der Waals surface area contributed by atoms with E-state index in [1.165, 1.54) is 14.2 Å². The Hall–Kier alpha value is -1.10. The molecule has 0 unspecified atom stereocenters. The highest BCUT2D eigenvalue weighted by atomic mass is 16.6. The van der Waals surface area contributed by atoms with Gasteiger partial charge in [-0.25, -0.2) is 9.59 Å². The second-order valence-corrected chi connectivity index (χ2v) is 1.67. The normalized spacial score (nSPS) is 8.91. The fourth-order valence-electron chi connectivity index (χ4n) is 0.358. The molecule has 0 atom stereocenters. The summed E-state index contributed by atoms with van der Waals surface area (Å²) in [7, 11) is 2.58. The number of carbonyl (C=O) groups is 2. The third-order valence-corrected chi connectivity index (χ3v) is 0.841. The number of ether oxygens (including phenoxy) is 3. The van der Waals surface area contributed by atoms with Gasteiger partial charge in [0.1, 0.15) is 6.61 Å². The molecule has 0 spiro atoms. The van der Waals surface area contributed by atoms with E-state index in [9.17, 15) is 9.59 Å². The highest BCUT2D eigenvalue weighted by Crippen LogP contribution is 1.81. The highest BCUT2D eigenvalue weighted by Gasteiger charge is 2.05. The van der Waals surface area contributed by atoms with Crippen molar-refractivity contribution in [1.82, 2.24) is 0 Å². The van der Waals surface area contributed by atoms with Crippen LogP contribution < -0.4 is 0 Å². The summed E-state index contributed by atoms with van der Waals surface area (Å²) in [6.07, 6.45) is 0. The first kappa shape index (κ1) is 9.90. The maximum absolute atomic E-state index is 10.5. The van der Waals surface area contributed by atoms with Crippen LogP contribution in [-0.2, 0) is 23.8 Å². The van der Waals surface area contributed by atoms with E-state index in [1.807, 2.05) is 0 Å². The lowest BCUT2D eigenvalue weighted by Gasteiger charge is -2.01. The molecule has 0 heterocycles. The van der Waals surface area contributed by atoms with Gasteiger partial charge < -0.3 is 14.2 Å². The molecule has 0 rings (SSSR count). The van der Waals surface area contributed by atoms with E-state index in [-0.39, 0.29) is 13.2 Å². The van der Waals surface area contributed by atoms with Crippen LogP contribution in [0, 0.1) is 0 Å². The zero-order valence-electron chi connectivity index (χ0n) is 6.46. The molecule has 0 aromatic carbocycles. The molecule has 0 saturated heterocycles. The quantitative estimate of drug-likeness (QED) is 0.514. The number of hydrogen-bond acceptors (Lipinski definition) is 5. The Morgan fingerprint density at radius 1 is 1.09 bits per heavy atom. The standard InChI is InChI=1S/C6H10O5/c1-9-3-6(8)11-4-5(7)10-2/h3-4H2,1-2H3. The molecular formula is C6H10O5. The summed E-state index contributed by atoms with van der Waals surface area (Å²) in [5.41, 5.74) is 0. The van der Waals surface area contributed by atoms with E-state index < -0.39 is 11.9 Å².